The van der Waals surface area contributed by atoms with Crippen LogP contribution in [0.4, 0.5) is 5.69 Å². The number of carbonyl (C=O) groups is 1. The Labute approximate surface area is 156 Å². The molecule has 1 amide bonds. The Morgan fingerprint density at radius 1 is 0.846 bits per heavy atom. The topological polar surface area (TPSA) is 41.1 Å². The first-order chi connectivity index (χ1) is 12.8. The Kier molecular flexibility index (Phi) is 5.35. The van der Waals surface area contributed by atoms with E-state index in [4.69, 9.17) is 0 Å². The van der Waals surface area contributed by atoms with E-state index in [9.17, 15) is 4.79 Å². The number of amides is 1. The largest absolute Gasteiger partial charge is 0.326 e. The van der Waals surface area contributed by atoms with Gasteiger partial charge in [-0.3, -0.25) is 4.79 Å². The molecule has 0 aromatic heterocycles. The molecule has 2 aromatic rings. The van der Waals surface area contributed by atoms with Crippen molar-refractivity contribution in [2.24, 2.45) is 5.92 Å². The maximum atomic E-state index is 12.8. The molecule has 1 heterocycles. The van der Waals surface area contributed by atoms with E-state index >= 15 is 0 Å². The predicted molar refractivity (Wildman–Crippen MR) is 106 cm³/mol. The highest BCUT2D eigenvalue weighted by molar-refractivity contribution is 5.93. The van der Waals surface area contributed by atoms with Crippen molar-refractivity contribution in [2.45, 2.75) is 43.9 Å². The fourth-order valence-electron chi connectivity index (χ4n) is 4.51. The Balaban J connectivity index is 1.41. The quantitative estimate of drug-likeness (QED) is 0.842. The maximum Gasteiger partial charge on any atom is 0.229 e. The van der Waals surface area contributed by atoms with Crippen LogP contribution < -0.4 is 10.6 Å². The SMILES string of the molecule is O=C(Nc1ccc(C2CCCCC2)cc1)C1CNCC1c1ccccc1. The summed E-state index contributed by atoms with van der Waals surface area (Å²) in [4.78, 5) is 12.8. The van der Waals surface area contributed by atoms with Crippen molar-refractivity contribution in [3.8, 4) is 0 Å². The van der Waals surface area contributed by atoms with Crippen LogP contribution in [0.25, 0.3) is 0 Å². The first-order valence-electron chi connectivity index (χ1n) is 9.98. The molecule has 2 N–H and O–H groups in total. The number of hydrogen-bond acceptors (Lipinski definition) is 2. The van der Waals surface area contributed by atoms with Gasteiger partial charge in [0.1, 0.15) is 0 Å². The zero-order valence-electron chi connectivity index (χ0n) is 15.3. The second-order valence-corrected chi connectivity index (χ2v) is 7.73. The van der Waals surface area contributed by atoms with Gasteiger partial charge in [0.25, 0.3) is 0 Å². The highest BCUT2D eigenvalue weighted by Crippen LogP contribution is 2.33. The molecule has 2 unspecified atom stereocenters. The Morgan fingerprint density at radius 3 is 2.31 bits per heavy atom. The van der Waals surface area contributed by atoms with Crippen LogP contribution in [-0.2, 0) is 4.79 Å². The van der Waals surface area contributed by atoms with E-state index < -0.39 is 0 Å². The molecular formula is C23H28N2O. The molecule has 3 heteroatoms. The number of nitrogens with one attached hydrogen (secondary N) is 2. The highest BCUT2D eigenvalue weighted by Gasteiger charge is 2.33. The van der Waals surface area contributed by atoms with Crippen LogP contribution >= 0.6 is 0 Å². The summed E-state index contributed by atoms with van der Waals surface area (Å²) in [5, 5.41) is 6.51. The summed E-state index contributed by atoms with van der Waals surface area (Å²) >= 11 is 0. The Morgan fingerprint density at radius 2 is 1.58 bits per heavy atom. The van der Waals surface area contributed by atoms with Crippen molar-refractivity contribution in [2.75, 3.05) is 18.4 Å². The van der Waals surface area contributed by atoms with Gasteiger partial charge in [-0.05, 0) is 42.0 Å². The van der Waals surface area contributed by atoms with Gasteiger partial charge in [0.2, 0.25) is 5.91 Å². The van der Waals surface area contributed by atoms with E-state index in [1.807, 2.05) is 18.2 Å². The van der Waals surface area contributed by atoms with E-state index in [1.54, 1.807) is 0 Å². The molecule has 3 nitrogen and oxygen atoms in total. The third-order valence-electron chi connectivity index (χ3n) is 6.03. The average Bonchev–Trinajstić information content (AvgIpc) is 3.20. The van der Waals surface area contributed by atoms with Gasteiger partial charge in [0, 0.05) is 24.7 Å². The van der Waals surface area contributed by atoms with Crippen LogP contribution in [0.1, 0.15) is 55.1 Å². The molecule has 1 aliphatic heterocycles. The number of carbonyl (C=O) groups excluding carboxylic acids is 1. The zero-order valence-corrected chi connectivity index (χ0v) is 15.3. The summed E-state index contributed by atoms with van der Waals surface area (Å²) < 4.78 is 0. The molecule has 136 valence electrons. The normalized spacial score (nSPS) is 23.7. The average molecular weight is 348 g/mol. The van der Waals surface area contributed by atoms with Crippen molar-refractivity contribution >= 4 is 11.6 Å². The molecule has 2 fully saturated rings. The fourth-order valence-corrected chi connectivity index (χ4v) is 4.51. The van der Waals surface area contributed by atoms with E-state index in [-0.39, 0.29) is 17.7 Å². The van der Waals surface area contributed by atoms with E-state index in [0.29, 0.717) is 5.92 Å². The lowest BCUT2D eigenvalue weighted by molar-refractivity contribution is -0.119. The lowest BCUT2D eigenvalue weighted by Crippen LogP contribution is -2.28. The van der Waals surface area contributed by atoms with Crippen molar-refractivity contribution < 1.29 is 4.79 Å². The number of benzene rings is 2. The number of rotatable bonds is 4. The molecule has 1 aliphatic carbocycles. The third kappa shape index (κ3) is 3.83. The molecule has 2 atom stereocenters. The molecule has 26 heavy (non-hydrogen) atoms. The Hall–Kier alpha value is -2.13. The van der Waals surface area contributed by atoms with Crippen LogP contribution in [0.5, 0.6) is 0 Å². The minimum absolute atomic E-state index is 0.0181. The summed E-state index contributed by atoms with van der Waals surface area (Å²) in [6.07, 6.45) is 6.68. The fraction of sp³-hybridized carbons (Fsp3) is 0.435. The van der Waals surface area contributed by atoms with E-state index in [1.165, 1.54) is 43.2 Å². The monoisotopic (exact) mass is 348 g/mol. The van der Waals surface area contributed by atoms with Gasteiger partial charge in [-0.1, -0.05) is 61.7 Å². The van der Waals surface area contributed by atoms with Crippen LogP contribution in [0.2, 0.25) is 0 Å². The van der Waals surface area contributed by atoms with Crippen molar-refractivity contribution in [3.05, 3.63) is 65.7 Å². The van der Waals surface area contributed by atoms with Crippen LogP contribution in [-0.4, -0.2) is 19.0 Å². The summed E-state index contributed by atoms with van der Waals surface area (Å²) in [5.74, 6) is 1.05. The summed E-state index contributed by atoms with van der Waals surface area (Å²) in [5.41, 5.74) is 3.57. The predicted octanol–water partition coefficient (Wildman–Crippen LogP) is 4.68. The Bertz CT molecular complexity index is 720. The molecule has 4 rings (SSSR count). The van der Waals surface area contributed by atoms with Gasteiger partial charge in [0.15, 0.2) is 0 Å². The van der Waals surface area contributed by atoms with Gasteiger partial charge < -0.3 is 10.6 Å². The molecule has 1 saturated carbocycles. The lowest BCUT2D eigenvalue weighted by atomic mass is 9.84. The van der Waals surface area contributed by atoms with Crippen molar-refractivity contribution in [1.82, 2.24) is 5.32 Å². The standard InChI is InChI=1S/C23H28N2O/c26-23(22-16-24-15-21(22)19-9-5-2-6-10-19)25-20-13-11-18(12-14-20)17-7-3-1-4-8-17/h2,5-6,9-14,17,21-22,24H,1,3-4,7-8,15-16H2,(H,25,26). The molecule has 2 aliphatic rings. The second-order valence-electron chi connectivity index (χ2n) is 7.73. The summed E-state index contributed by atoms with van der Waals surface area (Å²) in [6.45, 7) is 1.61. The first kappa shape index (κ1) is 17.3. The van der Waals surface area contributed by atoms with Crippen molar-refractivity contribution in [3.63, 3.8) is 0 Å². The lowest BCUT2D eigenvalue weighted by Gasteiger charge is -2.22. The van der Waals surface area contributed by atoms with E-state index in [2.05, 4.69) is 47.0 Å². The smallest absolute Gasteiger partial charge is 0.229 e. The summed E-state index contributed by atoms with van der Waals surface area (Å²) in [7, 11) is 0. The molecule has 2 aromatic carbocycles. The first-order valence-corrected chi connectivity index (χ1v) is 9.98. The number of hydrogen-bond donors (Lipinski definition) is 2. The third-order valence-corrected chi connectivity index (χ3v) is 6.03. The molecule has 0 radical (unpaired) electrons. The second kappa shape index (κ2) is 8.05. The van der Waals surface area contributed by atoms with Gasteiger partial charge >= 0.3 is 0 Å². The van der Waals surface area contributed by atoms with E-state index in [0.717, 1.165) is 18.8 Å². The van der Waals surface area contributed by atoms with Gasteiger partial charge in [0.05, 0.1) is 5.92 Å². The highest BCUT2D eigenvalue weighted by atomic mass is 16.1. The maximum absolute atomic E-state index is 12.8. The zero-order chi connectivity index (χ0) is 17.8. The van der Waals surface area contributed by atoms with Crippen LogP contribution in [0.15, 0.2) is 54.6 Å². The molecule has 0 bridgehead atoms. The van der Waals surface area contributed by atoms with Crippen LogP contribution in [0.3, 0.4) is 0 Å². The van der Waals surface area contributed by atoms with Gasteiger partial charge in [-0.15, -0.1) is 0 Å². The number of anilines is 1. The van der Waals surface area contributed by atoms with Gasteiger partial charge in [-0.25, -0.2) is 0 Å². The van der Waals surface area contributed by atoms with Crippen LogP contribution in [0, 0.1) is 5.92 Å². The molecule has 0 spiro atoms. The minimum atomic E-state index is -0.0181. The van der Waals surface area contributed by atoms with Gasteiger partial charge in [-0.2, -0.15) is 0 Å². The minimum Gasteiger partial charge on any atom is -0.326 e. The molecule has 1 saturated heterocycles. The molecular weight excluding hydrogens is 320 g/mol. The summed E-state index contributed by atoms with van der Waals surface area (Å²) in [6, 6.07) is 18.9. The van der Waals surface area contributed by atoms with Crippen molar-refractivity contribution in [1.29, 1.82) is 0 Å².